The summed E-state index contributed by atoms with van der Waals surface area (Å²) in [5, 5.41) is 3.32. The van der Waals surface area contributed by atoms with Crippen LogP contribution in [0.2, 0.25) is 0 Å². The SMILES string of the molecule is CC1CCCC(C(=O)CN2CCNCC2)C1. The van der Waals surface area contributed by atoms with Gasteiger partial charge in [-0.15, -0.1) is 0 Å². The lowest BCUT2D eigenvalue weighted by atomic mass is 9.80. The Kier molecular flexibility index (Phi) is 4.36. The standard InChI is InChI=1S/C13H24N2O/c1-11-3-2-4-12(9-11)13(16)10-15-7-5-14-6-8-15/h11-12,14H,2-10H2,1H3. The van der Waals surface area contributed by atoms with Crippen LogP contribution in [-0.4, -0.2) is 43.4 Å². The predicted molar refractivity (Wildman–Crippen MR) is 65.4 cm³/mol. The molecule has 92 valence electrons. The molecule has 2 fully saturated rings. The molecular weight excluding hydrogens is 200 g/mol. The average molecular weight is 224 g/mol. The summed E-state index contributed by atoms with van der Waals surface area (Å²) in [5.74, 6) is 1.61. The Hall–Kier alpha value is -0.410. The zero-order valence-electron chi connectivity index (χ0n) is 10.4. The van der Waals surface area contributed by atoms with E-state index >= 15 is 0 Å². The van der Waals surface area contributed by atoms with E-state index in [9.17, 15) is 4.79 Å². The highest BCUT2D eigenvalue weighted by Gasteiger charge is 2.26. The van der Waals surface area contributed by atoms with Gasteiger partial charge in [-0.3, -0.25) is 9.69 Å². The minimum Gasteiger partial charge on any atom is -0.314 e. The largest absolute Gasteiger partial charge is 0.314 e. The number of carbonyl (C=O) groups is 1. The second-order valence-electron chi connectivity index (χ2n) is 5.46. The molecule has 0 aromatic rings. The van der Waals surface area contributed by atoms with Gasteiger partial charge in [0.05, 0.1) is 6.54 Å². The highest BCUT2D eigenvalue weighted by Crippen LogP contribution is 2.29. The molecule has 16 heavy (non-hydrogen) atoms. The molecule has 1 saturated heterocycles. The number of nitrogens with zero attached hydrogens (tertiary/aromatic N) is 1. The Bertz CT molecular complexity index is 236. The van der Waals surface area contributed by atoms with Crippen LogP contribution in [-0.2, 0) is 4.79 Å². The van der Waals surface area contributed by atoms with Crippen molar-refractivity contribution in [3.05, 3.63) is 0 Å². The molecular formula is C13H24N2O. The van der Waals surface area contributed by atoms with E-state index in [4.69, 9.17) is 0 Å². The molecule has 2 aliphatic rings. The molecule has 1 saturated carbocycles. The molecule has 1 aliphatic carbocycles. The number of nitrogens with one attached hydrogen (secondary N) is 1. The third-order valence-electron chi connectivity index (χ3n) is 3.98. The lowest BCUT2D eigenvalue weighted by Gasteiger charge is -2.30. The fraction of sp³-hybridized carbons (Fsp3) is 0.923. The van der Waals surface area contributed by atoms with Crippen LogP contribution in [0.3, 0.4) is 0 Å². The first-order valence-corrected chi connectivity index (χ1v) is 6.71. The zero-order chi connectivity index (χ0) is 11.4. The van der Waals surface area contributed by atoms with E-state index in [1.807, 2.05) is 0 Å². The van der Waals surface area contributed by atoms with Crippen molar-refractivity contribution in [3.63, 3.8) is 0 Å². The van der Waals surface area contributed by atoms with Crippen LogP contribution in [0.5, 0.6) is 0 Å². The van der Waals surface area contributed by atoms with Crippen molar-refractivity contribution in [3.8, 4) is 0 Å². The highest BCUT2D eigenvalue weighted by atomic mass is 16.1. The van der Waals surface area contributed by atoms with Crippen LogP contribution < -0.4 is 5.32 Å². The summed E-state index contributed by atoms with van der Waals surface area (Å²) in [7, 11) is 0. The first kappa shape index (κ1) is 12.1. The van der Waals surface area contributed by atoms with Gasteiger partial charge in [-0.2, -0.15) is 0 Å². The van der Waals surface area contributed by atoms with Crippen LogP contribution in [0.4, 0.5) is 0 Å². The second kappa shape index (κ2) is 5.78. The van der Waals surface area contributed by atoms with E-state index in [1.165, 1.54) is 12.8 Å². The fourth-order valence-electron chi connectivity index (χ4n) is 2.95. The lowest BCUT2D eigenvalue weighted by Crippen LogP contribution is -2.46. The van der Waals surface area contributed by atoms with Crippen LogP contribution in [0.25, 0.3) is 0 Å². The van der Waals surface area contributed by atoms with Gasteiger partial charge in [0.25, 0.3) is 0 Å². The van der Waals surface area contributed by atoms with Crippen molar-refractivity contribution < 1.29 is 4.79 Å². The second-order valence-corrected chi connectivity index (χ2v) is 5.46. The maximum Gasteiger partial charge on any atom is 0.149 e. The van der Waals surface area contributed by atoms with Gasteiger partial charge >= 0.3 is 0 Å². The highest BCUT2D eigenvalue weighted by molar-refractivity contribution is 5.83. The molecule has 3 heteroatoms. The van der Waals surface area contributed by atoms with E-state index < -0.39 is 0 Å². The Morgan fingerprint density at radius 1 is 1.31 bits per heavy atom. The molecule has 1 heterocycles. The molecule has 0 amide bonds. The molecule has 2 atom stereocenters. The van der Waals surface area contributed by atoms with Crippen LogP contribution in [0.15, 0.2) is 0 Å². The molecule has 0 aromatic carbocycles. The first-order valence-electron chi connectivity index (χ1n) is 6.71. The summed E-state index contributed by atoms with van der Waals surface area (Å²) < 4.78 is 0. The van der Waals surface area contributed by atoms with Gasteiger partial charge in [0.15, 0.2) is 0 Å². The van der Waals surface area contributed by atoms with Crippen molar-refractivity contribution in [2.75, 3.05) is 32.7 Å². The van der Waals surface area contributed by atoms with Crippen molar-refractivity contribution in [1.29, 1.82) is 0 Å². The number of ketones is 1. The minimum absolute atomic E-state index is 0.360. The molecule has 0 radical (unpaired) electrons. The van der Waals surface area contributed by atoms with Gasteiger partial charge in [-0.05, 0) is 18.8 Å². The Balaban J connectivity index is 1.77. The summed E-state index contributed by atoms with van der Waals surface area (Å²) >= 11 is 0. The summed E-state index contributed by atoms with van der Waals surface area (Å²) in [6, 6.07) is 0. The maximum atomic E-state index is 12.1. The van der Waals surface area contributed by atoms with Crippen LogP contribution >= 0.6 is 0 Å². The van der Waals surface area contributed by atoms with Crippen molar-refractivity contribution in [1.82, 2.24) is 10.2 Å². The summed E-state index contributed by atoms with van der Waals surface area (Å²) in [6.07, 6.45) is 4.83. The molecule has 0 spiro atoms. The number of hydrogen-bond donors (Lipinski definition) is 1. The molecule has 1 N–H and O–H groups in total. The Labute approximate surface area is 98.6 Å². The van der Waals surface area contributed by atoms with Gasteiger partial charge in [0.2, 0.25) is 0 Å². The number of hydrogen-bond acceptors (Lipinski definition) is 3. The van der Waals surface area contributed by atoms with Gasteiger partial charge in [-0.25, -0.2) is 0 Å². The molecule has 1 aliphatic heterocycles. The summed E-state index contributed by atoms with van der Waals surface area (Å²) in [4.78, 5) is 14.5. The van der Waals surface area contributed by atoms with Crippen molar-refractivity contribution in [2.24, 2.45) is 11.8 Å². The van der Waals surface area contributed by atoms with Gasteiger partial charge in [0.1, 0.15) is 5.78 Å². The molecule has 2 unspecified atom stereocenters. The fourth-order valence-corrected chi connectivity index (χ4v) is 2.95. The number of rotatable bonds is 3. The number of piperazine rings is 1. The van der Waals surface area contributed by atoms with Crippen molar-refractivity contribution in [2.45, 2.75) is 32.6 Å². The van der Waals surface area contributed by atoms with E-state index in [0.29, 0.717) is 18.2 Å². The molecule has 0 aromatic heterocycles. The summed E-state index contributed by atoms with van der Waals surface area (Å²) in [6.45, 7) is 7.12. The summed E-state index contributed by atoms with van der Waals surface area (Å²) in [5.41, 5.74) is 0. The average Bonchev–Trinajstić information content (AvgIpc) is 2.30. The predicted octanol–water partition coefficient (Wildman–Crippen LogP) is 1.29. The molecule has 0 bridgehead atoms. The van der Waals surface area contributed by atoms with E-state index in [0.717, 1.165) is 44.9 Å². The van der Waals surface area contributed by atoms with E-state index in [1.54, 1.807) is 0 Å². The zero-order valence-corrected chi connectivity index (χ0v) is 10.4. The van der Waals surface area contributed by atoms with Crippen LogP contribution in [0, 0.1) is 11.8 Å². The van der Waals surface area contributed by atoms with E-state index in [-0.39, 0.29) is 0 Å². The lowest BCUT2D eigenvalue weighted by molar-refractivity contribution is -0.125. The monoisotopic (exact) mass is 224 g/mol. The maximum absolute atomic E-state index is 12.1. The third-order valence-corrected chi connectivity index (χ3v) is 3.98. The number of carbonyl (C=O) groups excluding carboxylic acids is 1. The first-order chi connectivity index (χ1) is 7.75. The number of Topliss-reactive ketones (excluding diaryl/α,β-unsaturated/α-hetero) is 1. The Morgan fingerprint density at radius 2 is 2.06 bits per heavy atom. The Morgan fingerprint density at radius 3 is 2.75 bits per heavy atom. The van der Waals surface area contributed by atoms with E-state index in [2.05, 4.69) is 17.1 Å². The van der Waals surface area contributed by atoms with Gasteiger partial charge in [-0.1, -0.05) is 19.8 Å². The quantitative estimate of drug-likeness (QED) is 0.784. The molecule has 2 rings (SSSR count). The van der Waals surface area contributed by atoms with Crippen LogP contribution in [0.1, 0.15) is 32.6 Å². The van der Waals surface area contributed by atoms with Crippen molar-refractivity contribution >= 4 is 5.78 Å². The van der Waals surface area contributed by atoms with Gasteiger partial charge < -0.3 is 5.32 Å². The third kappa shape index (κ3) is 3.29. The van der Waals surface area contributed by atoms with Gasteiger partial charge in [0, 0.05) is 32.1 Å². The normalized spacial score (nSPS) is 32.6. The molecule has 3 nitrogen and oxygen atoms in total. The smallest absolute Gasteiger partial charge is 0.149 e. The topological polar surface area (TPSA) is 32.3 Å². The minimum atomic E-state index is 0.360.